The van der Waals surface area contributed by atoms with Crippen molar-refractivity contribution in [2.75, 3.05) is 5.73 Å². The molecule has 0 atom stereocenters. The summed E-state index contributed by atoms with van der Waals surface area (Å²) < 4.78 is 1.34. The van der Waals surface area contributed by atoms with Crippen LogP contribution in [0.25, 0.3) is 10.9 Å². The number of carbonyl (C=O) groups is 1. The molecular formula is C12H10N4O. The van der Waals surface area contributed by atoms with Crippen LogP contribution in [0.15, 0.2) is 42.9 Å². The first-order valence-corrected chi connectivity index (χ1v) is 5.17. The molecule has 0 fully saturated rings. The van der Waals surface area contributed by atoms with Gasteiger partial charge in [0.1, 0.15) is 0 Å². The van der Waals surface area contributed by atoms with Crippen molar-refractivity contribution in [2.45, 2.75) is 0 Å². The van der Waals surface area contributed by atoms with E-state index in [0.29, 0.717) is 5.56 Å². The number of nitrogens with two attached hydrogens (primary N) is 1. The summed E-state index contributed by atoms with van der Waals surface area (Å²) in [5.74, 6) is 0.0211. The van der Waals surface area contributed by atoms with Gasteiger partial charge >= 0.3 is 0 Å². The molecule has 0 radical (unpaired) electrons. The monoisotopic (exact) mass is 226 g/mol. The predicted octanol–water partition coefficient (Wildman–Crippen LogP) is 1.64. The molecular weight excluding hydrogens is 216 g/mol. The van der Waals surface area contributed by atoms with E-state index in [0.717, 1.165) is 10.9 Å². The minimum atomic E-state index is -0.176. The lowest BCUT2D eigenvalue weighted by atomic mass is 10.1. The van der Waals surface area contributed by atoms with Gasteiger partial charge in [-0.2, -0.15) is 0 Å². The molecule has 3 N–H and O–H groups in total. The van der Waals surface area contributed by atoms with Crippen LogP contribution in [0.5, 0.6) is 0 Å². The van der Waals surface area contributed by atoms with E-state index in [9.17, 15) is 4.79 Å². The van der Waals surface area contributed by atoms with Gasteiger partial charge in [0.15, 0.2) is 0 Å². The minimum absolute atomic E-state index is 0.176. The fraction of sp³-hybridized carbons (Fsp3) is 0. The van der Waals surface area contributed by atoms with E-state index in [1.54, 1.807) is 18.5 Å². The Morgan fingerprint density at radius 2 is 2.24 bits per heavy atom. The number of hydrogen-bond acceptors (Lipinski definition) is 3. The highest BCUT2D eigenvalue weighted by atomic mass is 16.2. The largest absolute Gasteiger partial charge is 0.369 e. The van der Waals surface area contributed by atoms with Crippen LogP contribution in [0.1, 0.15) is 10.4 Å². The quantitative estimate of drug-likeness (QED) is 0.662. The fourth-order valence-electron chi connectivity index (χ4n) is 1.89. The molecule has 0 aliphatic carbocycles. The van der Waals surface area contributed by atoms with Gasteiger partial charge in [0.2, 0.25) is 5.95 Å². The van der Waals surface area contributed by atoms with E-state index in [1.165, 1.54) is 10.8 Å². The Balaban J connectivity index is 2.19. The molecule has 0 unspecified atom stereocenters. The van der Waals surface area contributed by atoms with E-state index < -0.39 is 0 Å². The molecule has 3 aromatic rings. The van der Waals surface area contributed by atoms with Gasteiger partial charge in [0, 0.05) is 35.1 Å². The zero-order chi connectivity index (χ0) is 11.8. The van der Waals surface area contributed by atoms with Crippen LogP contribution < -0.4 is 5.73 Å². The second kappa shape index (κ2) is 3.48. The lowest BCUT2D eigenvalue weighted by Gasteiger charge is -2.04. The molecule has 1 aromatic carbocycles. The number of benzene rings is 1. The number of anilines is 1. The average molecular weight is 226 g/mol. The number of carbonyl (C=O) groups excluding carboxylic acids is 1. The van der Waals surface area contributed by atoms with E-state index in [2.05, 4.69) is 9.97 Å². The number of imidazole rings is 1. The molecule has 2 aromatic heterocycles. The van der Waals surface area contributed by atoms with Crippen LogP contribution in [0, 0.1) is 0 Å². The van der Waals surface area contributed by atoms with Crippen molar-refractivity contribution in [3.05, 3.63) is 48.4 Å². The molecule has 0 amide bonds. The third kappa shape index (κ3) is 1.40. The lowest BCUT2D eigenvalue weighted by molar-refractivity contribution is 0.0964. The lowest BCUT2D eigenvalue weighted by Crippen LogP contribution is -2.14. The topological polar surface area (TPSA) is 76.7 Å². The van der Waals surface area contributed by atoms with Gasteiger partial charge in [-0.25, -0.2) is 4.98 Å². The van der Waals surface area contributed by atoms with Crippen molar-refractivity contribution in [2.24, 2.45) is 0 Å². The number of H-pyrrole nitrogens is 1. The van der Waals surface area contributed by atoms with Crippen LogP contribution in [0.2, 0.25) is 0 Å². The third-order valence-corrected chi connectivity index (χ3v) is 2.71. The predicted molar refractivity (Wildman–Crippen MR) is 64.7 cm³/mol. The van der Waals surface area contributed by atoms with Crippen molar-refractivity contribution >= 4 is 22.8 Å². The van der Waals surface area contributed by atoms with Gasteiger partial charge in [0.25, 0.3) is 5.91 Å². The maximum atomic E-state index is 12.3. The Labute approximate surface area is 96.9 Å². The molecule has 17 heavy (non-hydrogen) atoms. The Hall–Kier alpha value is -2.56. The maximum absolute atomic E-state index is 12.3. The number of hydrogen-bond donors (Lipinski definition) is 2. The number of aromatic nitrogens is 3. The zero-order valence-corrected chi connectivity index (χ0v) is 8.92. The van der Waals surface area contributed by atoms with Crippen molar-refractivity contribution in [1.29, 1.82) is 0 Å². The van der Waals surface area contributed by atoms with Gasteiger partial charge in [-0.1, -0.05) is 6.07 Å². The number of nitrogen functional groups attached to an aromatic ring is 1. The number of nitrogens with zero attached hydrogens (tertiary/aromatic N) is 2. The highest BCUT2D eigenvalue weighted by Gasteiger charge is 2.14. The summed E-state index contributed by atoms with van der Waals surface area (Å²) in [6.07, 6.45) is 4.87. The summed E-state index contributed by atoms with van der Waals surface area (Å²) in [4.78, 5) is 19.2. The second-order valence-corrected chi connectivity index (χ2v) is 3.71. The van der Waals surface area contributed by atoms with E-state index in [-0.39, 0.29) is 11.9 Å². The number of nitrogens with one attached hydrogen (secondary N) is 1. The number of aromatic amines is 1. The standard InChI is InChI=1S/C12H10N4O/c13-12-15-6-7-16(12)11(17)9-2-1-3-10-8(9)4-5-14-10/h1-7,14H,(H2,13,15). The molecule has 5 heteroatoms. The molecule has 0 saturated heterocycles. The number of fused-ring (bicyclic) bond motifs is 1. The minimum Gasteiger partial charge on any atom is -0.369 e. The van der Waals surface area contributed by atoms with Crippen LogP contribution in [0.4, 0.5) is 5.95 Å². The fourth-order valence-corrected chi connectivity index (χ4v) is 1.89. The van der Waals surface area contributed by atoms with Crippen molar-refractivity contribution in [3.63, 3.8) is 0 Å². The van der Waals surface area contributed by atoms with E-state index in [4.69, 9.17) is 5.73 Å². The summed E-state index contributed by atoms with van der Waals surface area (Å²) >= 11 is 0. The molecule has 5 nitrogen and oxygen atoms in total. The van der Waals surface area contributed by atoms with Gasteiger partial charge in [-0.3, -0.25) is 9.36 Å². The Morgan fingerprint density at radius 1 is 1.35 bits per heavy atom. The Kier molecular flexibility index (Phi) is 1.98. The zero-order valence-electron chi connectivity index (χ0n) is 8.92. The van der Waals surface area contributed by atoms with Crippen molar-refractivity contribution < 1.29 is 4.79 Å². The molecule has 0 saturated carbocycles. The summed E-state index contributed by atoms with van der Waals surface area (Å²) in [5.41, 5.74) is 7.15. The SMILES string of the molecule is Nc1nccn1C(=O)c1cccc2[nH]ccc12. The summed E-state index contributed by atoms with van der Waals surface area (Å²) in [7, 11) is 0. The van der Waals surface area contributed by atoms with Crippen molar-refractivity contribution in [1.82, 2.24) is 14.5 Å². The normalized spacial score (nSPS) is 10.8. The molecule has 84 valence electrons. The van der Waals surface area contributed by atoms with Crippen LogP contribution in [-0.2, 0) is 0 Å². The van der Waals surface area contributed by atoms with Crippen molar-refractivity contribution in [3.8, 4) is 0 Å². The molecule has 0 aliphatic rings. The first-order valence-electron chi connectivity index (χ1n) is 5.17. The Morgan fingerprint density at radius 3 is 3.00 bits per heavy atom. The first-order chi connectivity index (χ1) is 8.27. The first kappa shape index (κ1) is 9.65. The van der Waals surface area contributed by atoms with Gasteiger partial charge in [-0.15, -0.1) is 0 Å². The third-order valence-electron chi connectivity index (χ3n) is 2.71. The van der Waals surface area contributed by atoms with Gasteiger partial charge in [0.05, 0.1) is 0 Å². The highest BCUT2D eigenvalue weighted by molar-refractivity contribution is 6.08. The van der Waals surface area contributed by atoms with E-state index >= 15 is 0 Å². The van der Waals surface area contributed by atoms with E-state index in [1.807, 2.05) is 18.2 Å². The van der Waals surface area contributed by atoms with Gasteiger partial charge in [-0.05, 0) is 18.2 Å². The highest BCUT2D eigenvalue weighted by Crippen LogP contribution is 2.19. The summed E-state index contributed by atoms with van der Waals surface area (Å²) in [6, 6.07) is 7.40. The van der Waals surface area contributed by atoms with Crippen LogP contribution in [0.3, 0.4) is 0 Å². The second-order valence-electron chi connectivity index (χ2n) is 3.71. The molecule has 0 spiro atoms. The molecule has 0 aliphatic heterocycles. The summed E-state index contributed by atoms with van der Waals surface area (Å²) in [6.45, 7) is 0. The average Bonchev–Trinajstić information content (AvgIpc) is 2.95. The molecule has 3 rings (SSSR count). The smallest absolute Gasteiger partial charge is 0.265 e. The van der Waals surface area contributed by atoms with Crippen LogP contribution >= 0.6 is 0 Å². The summed E-state index contributed by atoms with van der Waals surface area (Å²) in [5, 5.41) is 0.880. The number of rotatable bonds is 1. The molecule has 2 heterocycles. The molecule has 0 bridgehead atoms. The van der Waals surface area contributed by atoms with Gasteiger partial charge < -0.3 is 10.7 Å². The van der Waals surface area contributed by atoms with Crippen LogP contribution in [-0.4, -0.2) is 20.4 Å². The maximum Gasteiger partial charge on any atom is 0.265 e. The Bertz CT molecular complexity index is 695.